The van der Waals surface area contributed by atoms with Crippen LogP contribution in [0, 0.1) is 28.1 Å². The standard InChI is InChI=1S/C44H70O23/c1-17-11-43-9-5-22-41(2,7-4-8-42(22,3)40(59)66-38-33(58)30(55)26(51)20(14-47)62-38)23(43)6-10-44(17,16-43)67-39-35(65-37-32(57)29(54)25(50)19(13-46)61-37)34(27(52)21(15-48)63-39)64-36-31(56)28(53)24(49)18(12-45)60-36/h18-39,45-58H,1,4-16H2,2-3H3/t18-,19-,20-,21-,22+,23-,24-,25-,26-,27-,28+,29+,30+,31-,32-,33-,34+,35-,36+,37+,38+,39+,41-,42-,43-,44+/m1/s1. The van der Waals surface area contributed by atoms with Crippen LogP contribution in [0.5, 0.6) is 0 Å². The third kappa shape index (κ3) is 8.63. The molecule has 8 fully saturated rings. The van der Waals surface area contributed by atoms with E-state index in [4.69, 9.17) is 37.9 Å². The lowest BCUT2D eigenvalue weighted by molar-refractivity contribution is -0.400. The SMILES string of the molecule is C=C1C[C@@]23CC[C@H]4[C@@](C)(CCC[C@@]4(C)C(=O)O[C@@H]4O[C@H](CO)[C@@H](O)[C@H](O)[C@H]4O)[C@H]2CC[C@]1(O[C@@H]1O[C@H](CO)[C@@H](O)[C@H](O[C@@H]2O[C@H](CO)[C@@H](O)[C@H](O)[C@H]2O)[C@H]1O[C@@H]1O[C@H](CO)[C@@H](O)[C@H](O)[C@H]1O)C3. The third-order valence-electron chi connectivity index (χ3n) is 17.1. The number of hydrogen-bond acceptors (Lipinski definition) is 23. The molecule has 4 aliphatic carbocycles. The molecule has 4 saturated carbocycles. The van der Waals surface area contributed by atoms with Gasteiger partial charge in [-0.05, 0) is 86.5 Å². The molecule has 0 aromatic rings. The zero-order valence-corrected chi connectivity index (χ0v) is 37.5. The van der Waals surface area contributed by atoms with E-state index in [2.05, 4.69) is 13.5 Å². The van der Waals surface area contributed by atoms with Gasteiger partial charge in [-0.1, -0.05) is 19.9 Å². The van der Waals surface area contributed by atoms with Crippen molar-refractivity contribution < 1.29 is 114 Å². The molecule has 0 amide bonds. The summed E-state index contributed by atoms with van der Waals surface area (Å²) in [5.74, 6) is -0.805. The van der Waals surface area contributed by atoms with Crippen LogP contribution in [0.4, 0.5) is 0 Å². The molecule has 8 rings (SSSR count). The summed E-state index contributed by atoms with van der Waals surface area (Å²) in [6, 6.07) is 0. The summed E-state index contributed by atoms with van der Waals surface area (Å²) in [6.07, 6.45) is -29.1. The highest BCUT2D eigenvalue weighted by Crippen LogP contribution is 2.74. The molecule has 2 bridgehead atoms. The van der Waals surface area contributed by atoms with Gasteiger partial charge in [-0.15, -0.1) is 0 Å². The number of ether oxygens (including phenoxy) is 8. The first-order valence-electron chi connectivity index (χ1n) is 23.4. The second-order valence-corrected chi connectivity index (χ2v) is 20.8. The van der Waals surface area contributed by atoms with E-state index in [9.17, 15) is 76.3 Å². The first-order chi connectivity index (χ1) is 31.6. The normalized spacial score (nSPS) is 54.5. The van der Waals surface area contributed by atoms with Crippen LogP contribution in [0.3, 0.4) is 0 Å². The van der Waals surface area contributed by atoms with Crippen molar-refractivity contribution in [2.45, 2.75) is 200 Å². The number of rotatable bonds is 12. The van der Waals surface area contributed by atoms with Gasteiger partial charge in [0.15, 0.2) is 18.9 Å². The van der Waals surface area contributed by atoms with Gasteiger partial charge in [-0.2, -0.15) is 0 Å². The van der Waals surface area contributed by atoms with Gasteiger partial charge in [0.2, 0.25) is 6.29 Å². The van der Waals surface area contributed by atoms with E-state index in [1.807, 2.05) is 6.92 Å². The Morgan fingerprint density at radius 3 is 1.57 bits per heavy atom. The molecule has 8 aliphatic rings. The highest BCUT2D eigenvalue weighted by atomic mass is 16.8. The molecular formula is C44H70O23. The maximum Gasteiger partial charge on any atom is 0.314 e. The van der Waals surface area contributed by atoms with Crippen molar-refractivity contribution in [1.29, 1.82) is 0 Å². The van der Waals surface area contributed by atoms with E-state index in [0.717, 1.165) is 6.42 Å². The zero-order valence-electron chi connectivity index (χ0n) is 37.5. The quantitative estimate of drug-likeness (QED) is 0.0494. The maximum absolute atomic E-state index is 14.3. The molecule has 26 atom stereocenters. The lowest BCUT2D eigenvalue weighted by Crippen LogP contribution is -2.68. The predicted octanol–water partition coefficient (Wildman–Crippen LogP) is -5.11. The van der Waals surface area contributed by atoms with Crippen molar-refractivity contribution >= 4 is 5.97 Å². The summed E-state index contributed by atoms with van der Waals surface area (Å²) < 4.78 is 48.2. The second kappa shape index (κ2) is 19.4. The molecule has 14 N–H and O–H groups in total. The Morgan fingerprint density at radius 2 is 1.03 bits per heavy atom. The predicted molar refractivity (Wildman–Crippen MR) is 219 cm³/mol. The van der Waals surface area contributed by atoms with Crippen LogP contribution in [0.15, 0.2) is 12.2 Å². The van der Waals surface area contributed by atoms with Gasteiger partial charge >= 0.3 is 5.97 Å². The van der Waals surface area contributed by atoms with Crippen molar-refractivity contribution in [1.82, 2.24) is 0 Å². The lowest BCUT2D eigenvalue weighted by Gasteiger charge is -2.64. The fraction of sp³-hybridized carbons (Fsp3) is 0.932. The van der Waals surface area contributed by atoms with Crippen molar-refractivity contribution in [3.63, 3.8) is 0 Å². The minimum absolute atomic E-state index is 0.0251. The Balaban J connectivity index is 1.06. The van der Waals surface area contributed by atoms with Gasteiger partial charge in [0.1, 0.15) is 97.7 Å². The molecule has 67 heavy (non-hydrogen) atoms. The minimum atomic E-state index is -1.95. The maximum atomic E-state index is 14.3. The minimum Gasteiger partial charge on any atom is -0.432 e. The number of aliphatic hydroxyl groups excluding tert-OH is 14. The van der Waals surface area contributed by atoms with Crippen molar-refractivity contribution in [2.24, 2.45) is 28.1 Å². The Hall–Kier alpha value is -1.63. The fourth-order valence-corrected chi connectivity index (χ4v) is 13.5. The molecule has 1 spiro atoms. The van der Waals surface area contributed by atoms with Crippen LogP contribution in [0.1, 0.15) is 71.6 Å². The van der Waals surface area contributed by atoms with Crippen molar-refractivity contribution in [2.75, 3.05) is 26.4 Å². The lowest BCUT2D eigenvalue weighted by atomic mass is 9.41. The van der Waals surface area contributed by atoms with E-state index >= 15 is 0 Å². The summed E-state index contributed by atoms with van der Waals surface area (Å²) in [5, 5.41) is 148. The number of hydrogen-bond donors (Lipinski definition) is 14. The molecule has 4 aliphatic heterocycles. The van der Waals surface area contributed by atoms with Crippen molar-refractivity contribution in [3.05, 3.63) is 12.2 Å². The summed E-state index contributed by atoms with van der Waals surface area (Å²) >= 11 is 0. The van der Waals surface area contributed by atoms with Crippen LogP contribution < -0.4 is 0 Å². The highest BCUT2D eigenvalue weighted by Gasteiger charge is 2.70. The van der Waals surface area contributed by atoms with E-state index in [1.54, 1.807) is 0 Å². The Kier molecular flexibility index (Phi) is 15.0. The molecule has 0 unspecified atom stereocenters. The van der Waals surface area contributed by atoms with Crippen LogP contribution in [0.2, 0.25) is 0 Å². The summed E-state index contributed by atoms with van der Waals surface area (Å²) in [4.78, 5) is 14.3. The molecule has 0 aromatic heterocycles. The van der Waals surface area contributed by atoms with E-state index in [0.29, 0.717) is 56.9 Å². The molecule has 0 aromatic carbocycles. The molecule has 0 radical (unpaired) electrons. The number of carbonyl (C=O) groups excluding carboxylic acids is 1. The average molecular weight is 967 g/mol. The monoisotopic (exact) mass is 966 g/mol. The number of esters is 1. The van der Waals surface area contributed by atoms with Crippen LogP contribution in [-0.2, 0) is 42.7 Å². The van der Waals surface area contributed by atoms with Gasteiger partial charge in [-0.25, -0.2) is 0 Å². The van der Waals surface area contributed by atoms with E-state index in [-0.39, 0.29) is 11.8 Å². The molecule has 23 heteroatoms. The molecular weight excluding hydrogens is 896 g/mol. The first kappa shape index (κ1) is 51.7. The number of fused-ring (bicyclic) bond motifs is 3. The smallest absolute Gasteiger partial charge is 0.314 e. The molecule has 384 valence electrons. The van der Waals surface area contributed by atoms with Gasteiger partial charge < -0.3 is 109 Å². The number of aliphatic hydroxyl groups is 14. The van der Waals surface area contributed by atoms with Crippen molar-refractivity contribution in [3.8, 4) is 0 Å². The highest BCUT2D eigenvalue weighted by molar-refractivity contribution is 5.77. The zero-order chi connectivity index (χ0) is 48.7. The van der Waals surface area contributed by atoms with Gasteiger partial charge in [0.05, 0.1) is 37.4 Å². The van der Waals surface area contributed by atoms with E-state index < -0.39 is 177 Å². The van der Waals surface area contributed by atoms with Gasteiger partial charge in [0, 0.05) is 0 Å². The summed E-state index contributed by atoms with van der Waals surface area (Å²) in [7, 11) is 0. The molecule has 4 saturated heterocycles. The Morgan fingerprint density at radius 1 is 0.567 bits per heavy atom. The average Bonchev–Trinajstić information content (AvgIpc) is 3.50. The van der Waals surface area contributed by atoms with E-state index in [1.165, 1.54) is 0 Å². The Bertz CT molecular complexity index is 1760. The van der Waals surface area contributed by atoms with Gasteiger partial charge in [-0.3, -0.25) is 4.79 Å². The first-order valence-corrected chi connectivity index (χ1v) is 23.4. The van der Waals surface area contributed by atoms with Gasteiger partial charge in [0.25, 0.3) is 0 Å². The molecule has 4 heterocycles. The topological polar surface area (TPSA) is 374 Å². The fourth-order valence-electron chi connectivity index (χ4n) is 13.5. The largest absolute Gasteiger partial charge is 0.432 e. The van der Waals surface area contributed by atoms with Crippen LogP contribution >= 0.6 is 0 Å². The molecule has 23 nitrogen and oxygen atoms in total. The Labute approximate surface area is 386 Å². The second-order valence-electron chi connectivity index (χ2n) is 20.8. The summed E-state index contributed by atoms with van der Waals surface area (Å²) in [5.41, 5.74) is -2.33. The van der Waals surface area contributed by atoms with Crippen LogP contribution in [0.25, 0.3) is 0 Å². The summed E-state index contributed by atoms with van der Waals surface area (Å²) in [6.45, 7) is 5.41. The van der Waals surface area contributed by atoms with Crippen LogP contribution in [-0.4, -0.2) is 232 Å². The number of carbonyl (C=O) groups is 1. The third-order valence-corrected chi connectivity index (χ3v) is 17.1.